The van der Waals surface area contributed by atoms with E-state index in [1.807, 2.05) is 36.5 Å². The molecule has 0 spiro atoms. The lowest BCUT2D eigenvalue weighted by molar-refractivity contribution is -0.140. The third-order valence-electron chi connectivity index (χ3n) is 7.37. The molecule has 1 aliphatic heterocycles. The van der Waals surface area contributed by atoms with E-state index in [9.17, 15) is 4.79 Å². The summed E-state index contributed by atoms with van der Waals surface area (Å²) in [4.78, 5) is 33.7. The van der Waals surface area contributed by atoms with Crippen LogP contribution in [-0.4, -0.2) is 68.9 Å². The predicted octanol–water partition coefficient (Wildman–Crippen LogP) is 4.22. The number of H-pyrrole nitrogens is 1. The van der Waals surface area contributed by atoms with E-state index in [1.165, 1.54) is 12.0 Å². The standard InChI is InChI=1S/C28H31N7O2/c1-37-26-17-22(8-10-30-26)21-5-6-23-24(16-21)32-28(31-23)33-25-15-19(7-9-29-25)18-34-11-13-35(14-12-34)27(36)20-3-2-4-20/h5-10,15-17,20H,2-4,11-14,18H2,1H3,(H2,29,31,32,33). The largest absolute Gasteiger partial charge is 0.481 e. The molecule has 1 saturated carbocycles. The number of aromatic nitrogens is 4. The molecule has 2 fully saturated rings. The Bertz CT molecular complexity index is 1410. The minimum atomic E-state index is 0.282. The second-order valence-electron chi connectivity index (χ2n) is 9.81. The molecule has 190 valence electrons. The number of anilines is 2. The van der Waals surface area contributed by atoms with Crippen molar-refractivity contribution in [3.8, 4) is 17.0 Å². The van der Waals surface area contributed by atoms with Gasteiger partial charge in [-0.25, -0.2) is 15.0 Å². The summed E-state index contributed by atoms with van der Waals surface area (Å²) in [6.07, 6.45) is 6.90. The number of pyridine rings is 2. The zero-order valence-electron chi connectivity index (χ0n) is 21.0. The highest BCUT2D eigenvalue weighted by Gasteiger charge is 2.31. The van der Waals surface area contributed by atoms with Gasteiger partial charge in [-0.3, -0.25) is 9.69 Å². The van der Waals surface area contributed by atoms with Crippen LogP contribution in [0.4, 0.5) is 11.8 Å². The van der Waals surface area contributed by atoms with Gasteiger partial charge in [0.05, 0.1) is 18.1 Å². The fraction of sp³-hybridized carbons (Fsp3) is 0.357. The van der Waals surface area contributed by atoms with Crippen LogP contribution in [0.5, 0.6) is 5.88 Å². The van der Waals surface area contributed by atoms with E-state index in [2.05, 4.69) is 47.2 Å². The number of aromatic amines is 1. The van der Waals surface area contributed by atoms with E-state index in [1.54, 1.807) is 13.3 Å². The first-order chi connectivity index (χ1) is 18.1. The highest BCUT2D eigenvalue weighted by Crippen LogP contribution is 2.29. The van der Waals surface area contributed by atoms with Crippen LogP contribution in [0.25, 0.3) is 22.2 Å². The molecule has 1 amide bonds. The van der Waals surface area contributed by atoms with Crippen LogP contribution in [0, 0.1) is 5.92 Å². The van der Waals surface area contributed by atoms with Crippen LogP contribution in [0.3, 0.4) is 0 Å². The Hall–Kier alpha value is -3.98. The summed E-state index contributed by atoms with van der Waals surface area (Å²) in [6, 6.07) is 14.1. The Balaban J connectivity index is 1.10. The van der Waals surface area contributed by atoms with Crippen molar-refractivity contribution in [2.45, 2.75) is 25.8 Å². The quantitative estimate of drug-likeness (QED) is 0.394. The molecule has 2 aliphatic rings. The fourth-order valence-electron chi connectivity index (χ4n) is 5.01. The summed E-state index contributed by atoms with van der Waals surface area (Å²) in [5.41, 5.74) is 5.07. The van der Waals surface area contributed by atoms with Crippen molar-refractivity contribution in [2.24, 2.45) is 5.92 Å². The topological polar surface area (TPSA) is 99.3 Å². The van der Waals surface area contributed by atoms with E-state index in [0.29, 0.717) is 17.7 Å². The first-order valence-corrected chi connectivity index (χ1v) is 12.9. The Labute approximate surface area is 215 Å². The second kappa shape index (κ2) is 10.2. The third kappa shape index (κ3) is 5.13. The average Bonchev–Trinajstić information content (AvgIpc) is 3.30. The van der Waals surface area contributed by atoms with Gasteiger partial charge >= 0.3 is 0 Å². The van der Waals surface area contributed by atoms with Gasteiger partial charge in [-0.1, -0.05) is 12.5 Å². The summed E-state index contributed by atoms with van der Waals surface area (Å²) >= 11 is 0. The number of piperazine rings is 1. The number of carbonyl (C=O) groups excluding carboxylic acids is 1. The minimum Gasteiger partial charge on any atom is -0.481 e. The highest BCUT2D eigenvalue weighted by molar-refractivity contribution is 5.84. The minimum absolute atomic E-state index is 0.282. The van der Waals surface area contributed by atoms with Crippen LogP contribution in [0.15, 0.2) is 54.9 Å². The van der Waals surface area contributed by atoms with Gasteiger partial charge in [0.2, 0.25) is 17.7 Å². The molecule has 9 heteroatoms. The number of amides is 1. The Morgan fingerprint density at radius 2 is 1.84 bits per heavy atom. The van der Waals surface area contributed by atoms with Crippen molar-refractivity contribution >= 4 is 28.7 Å². The van der Waals surface area contributed by atoms with Crippen LogP contribution >= 0.6 is 0 Å². The number of nitrogens with zero attached hydrogens (tertiary/aromatic N) is 5. The van der Waals surface area contributed by atoms with Gasteiger partial charge in [0.15, 0.2) is 0 Å². The number of hydrogen-bond donors (Lipinski definition) is 2. The summed E-state index contributed by atoms with van der Waals surface area (Å²) in [6.45, 7) is 4.27. The lowest BCUT2D eigenvalue weighted by Crippen LogP contribution is -2.50. The fourth-order valence-corrected chi connectivity index (χ4v) is 5.01. The van der Waals surface area contributed by atoms with E-state index in [4.69, 9.17) is 4.74 Å². The number of ether oxygens (including phenoxy) is 1. The van der Waals surface area contributed by atoms with E-state index < -0.39 is 0 Å². The maximum absolute atomic E-state index is 12.5. The molecule has 4 aromatic rings. The number of fused-ring (bicyclic) bond motifs is 1. The zero-order valence-corrected chi connectivity index (χ0v) is 21.0. The molecule has 1 aromatic carbocycles. The van der Waals surface area contributed by atoms with Crippen molar-refractivity contribution in [2.75, 3.05) is 38.6 Å². The van der Waals surface area contributed by atoms with Crippen molar-refractivity contribution < 1.29 is 9.53 Å². The zero-order chi connectivity index (χ0) is 25.2. The monoisotopic (exact) mass is 497 g/mol. The van der Waals surface area contributed by atoms with Crippen LogP contribution in [-0.2, 0) is 11.3 Å². The van der Waals surface area contributed by atoms with Crippen LogP contribution in [0.1, 0.15) is 24.8 Å². The first kappa shape index (κ1) is 23.4. The number of hydrogen-bond acceptors (Lipinski definition) is 7. The molecule has 0 radical (unpaired) electrons. The molecule has 4 heterocycles. The third-order valence-corrected chi connectivity index (χ3v) is 7.37. The molecule has 3 aromatic heterocycles. The molecule has 1 saturated heterocycles. The molecule has 0 bridgehead atoms. The summed E-state index contributed by atoms with van der Waals surface area (Å²) in [5.74, 6) is 2.62. The first-order valence-electron chi connectivity index (χ1n) is 12.9. The molecule has 2 N–H and O–H groups in total. The smallest absolute Gasteiger partial charge is 0.225 e. The number of benzene rings is 1. The Morgan fingerprint density at radius 1 is 1.03 bits per heavy atom. The maximum atomic E-state index is 12.5. The van der Waals surface area contributed by atoms with E-state index in [-0.39, 0.29) is 5.92 Å². The van der Waals surface area contributed by atoms with Gasteiger partial charge in [-0.2, -0.15) is 0 Å². The van der Waals surface area contributed by atoms with Gasteiger partial charge in [-0.15, -0.1) is 0 Å². The summed E-state index contributed by atoms with van der Waals surface area (Å²) < 4.78 is 5.25. The molecule has 1 aliphatic carbocycles. The second-order valence-corrected chi connectivity index (χ2v) is 9.81. The van der Waals surface area contributed by atoms with Crippen LogP contribution < -0.4 is 10.1 Å². The molecule has 0 unspecified atom stereocenters. The number of carbonyl (C=O) groups is 1. The van der Waals surface area contributed by atoms with Crippen LogP contribution in [0.2, 0.25) is 0 Å². The normalized spacial score (nSPS) is 16.5. The molecular weight excluding hydrogens is 466 g/mol. The van der Waals surface area contributed by atoms with Crippen molar-refractivity contribution in [3.63, 3.8) is 0 Å². The van der Waals surface area contributed by atoms with Gasteiger partial charge in [0.25, 0.3) is 0 Å². The SMILES string of the molecule is COc1cc(-c2ccc3nc(Nc4cc(CN5CCN(C(=O)C6CCC6)CC5)ccn4)[nH]c3c2)ccn1. The van der Waals surface area contributed by atoms with Gasteiger partial charge < -0.3 is 19.9 Å². The number of rotatable bonds is 7. The Kier molecular flexibility index (Phi) is 6.44. The van der Waals surface area contributed by atoms with E-state index >= 15 is 0 Å². The van der Waals surface area contributed by atoms with Gasteiger partial charge in [0, 0.05) is 57.1 Å². The molecule has 37 heavy (non-hydrogen) atoms. The molecule has 6 rings (SSSR count). The Morgan fingerprint density at radius 3 is 2.62 bits per heavy atom. The number of methoxy groups -OCH3 is 1. The van der Waals surface area contributed by atoms with Crippen molar-refractivity contribution in [1.82, 2.24) is 29.7 Å². The molecule has 0 atom stereocenters. The average molecular weight is 498 g/mol. The lowest BCUT2D eigenvalue weighted by atomic mass is 9.84. The molecular formula is C28H31N7O2. The van der Waals surface area contributed by atoms with Crippen molar-refractivity contribution in [1.29, 1.82) is 0 Å². The summed E-state index contributed by atoms with van der Waals surface area (Å²) in [5, 5.41) is 3.32. The lowest BCUT2D eigenvalue weighted by Gasteiger charge is -2.38. The summed E-state index contributed by atoms with van der Waals surface area (Å²) in [7, 11) is 1.62. The van der Waals surface area contributed by atoms with Gasteiger partial charge in [-0.05, 0) is 59.9 Å². The predicted molar refractivity (Wildman–Crippen MR) is 143 cm³/mol. The highest BCUT2D eigenvalue weighted by atomic mass is 16.5. The molecule has 9 nitrogen and oxygen atoms in total. The number of imidazole rings is 1. The van der Waals surface area contributed by atoms with E-state index in [0.717, 1.165) is 73.5 Å². The maximum Gasteiger partial charge on any atom is 0.225 e. The number of nitrogens with one attached hydrogen (secondary N) is 2. The van der Waals surface area contributed by atoms with Crippen molar-refractivity contribution in [3.05, 3.63) is 60.4 Å². The van der Waals surface area contributed by atoms with Gasteiger partial charge in [0.1, 0.15) is 5.82 Å².